The van der Waals surface area contributed by atoms with E-state index in [0.29, 0.717) is 4.47 Å². The van der Waals surface area contributed by atoms with Crippen LogP contribution in [0.5, 0.6) is 0 Å². The second-order valence-electron chi connectivity index (χ2n) is 3.73. The van der Waals surface area contributed by atoms with Gasteiger partial charge < -0.3 is 5.73 Å². The zero-order valence-electron chi connectivity index (χ0n) is 9.01. The van der Waals surface area contributed by atoms with Gasteiger partial charge in [0.2, 0.25) is 0 Å². The second kappa shape index (κ2) is 4.84. The molecule has 0 fully saturated rings. The van der Waals surface area contributed by atoms with E-state index in [4.69, 9.17) is 5.73 Å². The lowest BCUT2D eigenvalue weighted by Crippen LogP contribution is -2.15. The molecule has 1 nitrogen and oxygen atoms in total. The minimum atomic E-state index is -0.761. The van der Waals surface area contributed by atoms with E-state index in [1.54, 1.807) is 0 Å². The predicted octanol–water partition coefficient (Wildman–Crippen LogP) is 4.15. The Morgan fingerprint density at radius 2 is 1.88 bits per heavy atom. The van der Waals surface area contributed by atoms with Gasteiger partial charge in [0.25, 0.3) is 0 Å². The maximum absolute atomic E-state index is 13.7. The zero-order valence-corrected chi connectivity index (χ0v) is 11.4. The molecule has 2 N–H and O–H groups in total. The summed E-state index contributed by atoms with van der Waals surface area (Å²) in [6.07, 6.45) is 0. The van der Waals surface area contributed by atoms with Crippen LogP contribution in [0.15, 0.2) is 28.1 Å². The van der Waals surface area contributed by atoms with E-state index < -0.39 is 17.7 Å². The van der Waals surface area contributed by atoms with Crippen molar-refractivity contribution in [3.8, 4) is 0 Å². The number of aryl methyl sites for hydroxylation is 1. The van der Waals surface area contributed by atoms with Crippen LogP contribution in [0.1, 0.15) is 22.0 Å². The third-order valence-corrected chi connectivity index (χ3v) is 4.10. The second-order valence-corrected chi connectivity index (χ2v) is 5.59. The van der Waals surface area contributed by atoms with E-state index in [1.165, 1.54) is 23.5 Å². The summed E-state index contributed by atoms with van der Waals surface area (Å²) in [5.74, 6) is -1.26. The van der Waals surface area contributed by atoms with Crippen LogP contribution in [0.25, 0.3) is 0 Å². The smallest absolute Gasteiger partial charge is 0.132 e. The molecule has 17 heavy (non-hydrogen) atoms. The van der Waals surface area contributed by atoms with E-state index in [9.17, 15) is 8.78 Å². The first-order chi connectivity index (χ1) is 8.00. The topological polar surface area (TPSA) is 26.0 Å². The van der Waals surface area contributed by atoms with Gasteiger partial charge >= 0.3 is 0 Å². The molecule has 0 spiro atoms. The molecular formula is C12H10BrF2NS. The van der Waals surface area contributed by atoms with Crippen LogP contribution in [-0.2, 0) is 0 Å². The molecule has 1 heterocycles. The molecule has 2 rings (SSSR count). The lowest BCUT2D eigenvalue weighted by Gasteiger charge is -2.14. The lowest BCUT2D eigenvalue weighted by molar-refractivity contribution is 0.543. The van der Waals surface area contributed by atoms with E-state index in [2.05, 4.69) is 15.9 Å². The quantitative estimate of drug-likeness (QED) is 0.884. The molecule has 0 aliphatic carbocycles. The molecule has 1 unspecified atom stereocenters. The minimum Gasteiger partial charge on any atom is -0.319 e. The number of hydrogen-bond acceptors (Lipinski definition) is 2. The summed E-state index contributed by atoms with van der Waals surface area (Å²) < 4.78 is 27.8. The van der Waals surface area contributed by atoms with E-state index >= 15 is 0 Å². The average Bonchev–Trinajstić information content (AvgIpc) is 2.62. The fourth-order valence-electron chi connectivity index (χ4n) is 1.68. The van der Waals surface area contributed by atoms with E-state index in [-0.39, 0.29) is 5.56 Å². The molecule has 0 radical (unpaired) electrons. The first-order valence-corrected chi connectivity index (χ1v) is 6.62. The molecule has 0 saturated carbocycles. The van der Waals surface area contributed by atoms with E-state index in [0.717, 1.165) is 10.4 Å². The van der Waals surface area contributed by atoms with Crippen molar-refractivity contribution in [2.45, 2.75) is 13.0 Å². The highest BCUT2D eigenvalue weighted by molar-refractivity contribution is 9.10. The summed E-state index contributed by atoms with van der Waals surface area (Å²) in [6.45, 7) is 1.88. The molecule has 1 atom stereocenters. The fourth-order valence-corrected chi connectivity index (χ4v) is 3.02. The van der Waals surface area contributed by atoms with Crippen LogP contribution in [0, 0.1) is 18.6 Å². The van der Waals surface area contributed by atoms with Crippen molar-refractivity contribution in [1.29, 1.82) is 0 Å². The van der Waals surface area contributed by atoms with Crippen molar-refractivity contribution in [1.82, 2.24) is 0 Å². The standard InChI is InChI=1S/C12H10BrF2NS/c1-6-2-3-17-12(6)11(16)10-8(14)4-7(13)5-9(10)15/h2-5,11H,16H2,1H3. The normalized spacial score (nSPS) is 12.8. The molecule has 1 aromatic carbocycles. The van der Waals surface area contributed by atoms with Crippen molar-refractivity contribution in [2.24, 2.45) is 5.73 Å². The Bertz CT molecular complexity index is 530. The number of rotatable bonds is 2. The number of thiophene rings is 1. The lowest BCUT2D eigenvalue weighted by atomic mass is 10.0. The minimum absolute atomic E-state index is 0.0845. The SMILES string of the molecule is Cc1ccsc1C(N)c1c(F)cc(Br)cc1F. The van der Waals surface area contributed by atoms with Crippen molar-refractivity contribution in [2.75, 3.05) is 0 Å². The van der Waals surface area contributed by atoms with Crippen molar-refractivity contribution in [3.63, 3.8) is 0 Å². The van der Waals surface area contributed by atoms with Gasteiger partial charge in [-0.1, -0.05) is 15.9 Å². The van der Waals surface area contributed by atoms with Gasteiger partial charge in [-0.05, 0) is 36.1 Å². The Morgan fingerprint density at radius 3 is 2.35 bits per heavy atom. The largest absolute Gasteiger partial charge is 0.319 e. The van der Waals surface area contributed by atoms with Gasteiger partial charge in [-0.15, -0.1) is 11.3 Å². The monoisotopic (exact) mass is 317 g/mol. The third-order valence-electron chi connectivity index (χ3n) is 2.54. The van der Waals surface area contributed by atoms with Gasteiger partial charge in [-0.2, -0.15) is 0 Å². The van der Waals surface area contributed by atoms with Crippen LogP contribution in [-0.4, -0.2) is 0 Å². The van der Waals surface area contributed by atoms with Gasteiger partial charge in [0, 0.05) is 14.9 Å². The first-order valence-electron chi connectivity index (χ1n) is 4.94. The summed E-state index contributed by atoms with van der Waals surface area (Å²) in [4.78, 5) is 0.783. The van der Waals surface area contributed by atoms with Crippen LogP contribution in [0.3, 0.4) is 0 Å². The molecule has 1 aromatic heterocycles. The number of hydrogen-bond donors (Lipinski definition) is 1. The fraction of sp³-hybridized carbons (Fsp3) is 0.167. The summed E-state index contributed by atoms with van der Waals surface area (Å²) in [5, 5.41) is 1.86. The molecule has 90 valence electrons. The van der Waals surface area contributed by atoms with Crippen molar-refractivity contribution >= 4 is 27.3 Å². The highest BCUT2D eigenvalue weighted by atomic mass is 79.9. The van der Waals surface area contributed by atoms with Gasteiger partial charge in [0.15, 0.2) is 0 Å². The number of halogens is 3. The van der Waals surface area contributed by atoms with Gasteiger partial charge in [0.05, 0.1) is 6.04 Å². The molecular weight excluding hydrogens is 308 g/mol. The van der Waals surface area contributed by atoms with Gasteiger partial charge in [0.1, 0.15) is 11.6 Å². The Balaban J connectivity index is 2.51. The average molecular weight is 318 g/mol. The van der Waals surface area contributed by atoms with Crippen LogP contribution < -0.4 is 5.73 Å². The maximum Gasteiger partial charge on any atom is 0.132 e. The first kappa shape index (κ1) is 12.7. The third kappa shape index (κ3) is 2.41. The highest BCUT2D eigenvalue weighted by Crippen LogP contribution is 2.31. The molecule has 0 saturated heterocycles. The highest BCUT2D eigenvalue weighted by Gasteiger charge is 2.21. The summed E-state index contributed by atoms with van der Waals surface area (Å²) in [5.41, 5.74) is 6.79. The number of benzene rings is 1. The van der Waals surface area contributed by atoms with Gasteiger partial charge in [-0.25, -0.2) is 8.78 Å². The molecule has 0 amide bonds. The summed E-state index contributed by atoms with van der Waals surface area (Å²) >= 11 is 4.45. The Morgan fingerprint density at radius 1 is 1.29 bits per heavy atom. The Kier molecular flexibility index (Phi) is 3.61. The van der Waals surface area contributed by atoms with Gasteiger partial charge in [-0.3, -0.25) is 0 Å². The molecule has 5 heteroatoms. The van der Waals surface area contributed by atoms with Crippen LogP contribution in [0.2, 0.25) is 0 Å². The van der Waals surface area contributed by atoms with Crippen molar-refractivity contribution < 1.29 is 8.78 Å². The summed E-state index contributed by atoms with van der Waals surface area (Å²) in [6, 6.07) is 3.57. The molecule has 2 aromatic rings. The molecule has 0 aliphatic heterocycles. The van der Waals surface area contributed by atoms with Crippen LogP contribution in [0.4, 0.5) is 8.78 Å². The molecule has 0 aliphatic rings. The van der Waals surface area contributed by atoms with Crippen molar-refractivity contribution in [3.05, 3.63) is 55.7 Å². The van der Waals surface area contributed by atoms with E-state index in [1.807, 2.05) is 18.4 Å². The molecule has 0 bridgehead atoms. The van der Waals surface area contributed by atoms with Crippen LogP contribution >= 0.6 is 27.3 Å². The Labute approximate surface area is 110 Å². The Hall–Kier alpha value is -0.780. The zero-order chi connectivity index (χ0) is 12.6. The number of nitrogens with two attached hydrogens (primary N) is 1. The summed E-state index contributed by atoms with van der Waals surface area (Å²) in [7, 11) is 0. The maximum atomic E-state index is 13.7. The predicted molar refractivity (Wildman–Crippen MR) is 69.1 cm³/mol.